The van der Waals surface area contributed by atoms with Crippen molar-refractivity contribution in [1.29, 1.82) is 0 Å². The molecule has 1 amide bonds. The molecule has 1 atom stereocenters. The van der Waals surface area contributed by atoms with Gasteiger partial charge in [-0.05, 0) is 31.9 Å². The van der Waals surface area contributed by atoms with E-state index < -0.39 is 34.9 Å². The number of hydrogen-bond donors (Lipinski definition) is 2. The highest BCUT2D eigenvalue weighted by Gasteiger charge is 2.35. The number of alkyl halides is 3. The number of carboxylic acids is 1. The van der Waals surface area contributed by atoms with Crippen LogP contribution in [0.4, 0.5) is 13.2 Å². The van der Waals surface area contributed by atoms with Gasteiger partial charge < -0.3 is 10.4 Å². The molecule has 0 radical (unpaired) electrons. The quantitative estimate of drug-likeness (QED) is 0.793. The van der Waals surface area contributed by atoms with Crippen molar-refractivity contribution in [3.05, 3.63) is 35.4 Å². The molecule has 0 heterocycles. The topological polar surface area (TPSA) is 66.4 Å². The number of carbonyl (C=O) groups excluding carboxylic acids is 1. The van der Waals surface area contributed by atoms with Crippen LogP contribution in [0.3, 0.4) is 0 Å². The van der Waals surface area contributed by atoms with Crippen LogP contribution in [-0.4, -0.2) is 23.5 Å². The zero-order valence-corrected chi connectivity index (χ0v) is 13.9. The maximum Gasteiger partial charge on any atom is 0.416 e. The largest absolute Gasteiger partial charge is 0.481 e. The Bertz CT molecular complexity index is 597. The van der Waals surface area contributed by atoms with E-state index in [4.69, 9.17) is 5.11 Å². The van der Waals surface area contributed by atoms with Crippen LogP contribution in [0.2, 0.25) is 0 Å². The molecule has 0 spiro atoms. The van der Waals surface area contributed by atoms with Crippen molar-refractivity contribution < 1.29 is 27.9 Å². The summed E-state index contributed by atoms with van der Waals surface area (Å²) in [6.45, 7) is 4.80. The molecule has 1 aromatic carbocycles. The molecule has 0 bridgehead atoms. The fourth-order valence-electron chi connectivity index (χ4n) is 2.31. The zero-order valence-electron chi connectivity index (χ0n) is 13.9. The molecular formula is C17H22F3NO3. The van der Waals surface area contributed by atoms with Crippen LogP contribution in [0, 0.1) is 5.92 Å². The average Bonchev–Trinajstić information content (AvgIpc) is 2.50. The van der Waals surface area contributed by atoms with E-state index in [-0.39, 0.29) is 12.1 Å². The number of carbonyl (C=O) groups is 2. The molecule has 1 unspecified atom stereocenters. The summed E-state index contributed by atoms with van der Waals surface area (Å²) in [7, 11) is 0. The van der Waals surface area contributed by atoms with Gasteiger partial charge in [0.15, 0.2) is 0 Å². The molecule has 134 valence electrons. The van der Waals surface area contributed by atoms with Gasteiger partial charge in [-0.3, -0.25) is 9.59 Å². The lowest BCUT2D eigenvalue weighted by Gasteiger charge is -2.26. The first-order valence-corrected chi connectivity index (χ1v) is 7.69. The van der Waals surface area contributed by atoms with Crippen LogP contribution in [0.25, 0.3) is 0 Å². The van der Waals surface area contributed by atoms with E-state index in [1.807, 2.05) is 6.92 Å². The molecule has 0 saturated heterocycles. The van der Waals surface area contributed by atoms with Crippen LogP contribution in [0.5, 0.6) is 0 Å². The summed E-state index contributed by atoms with van der Waals surface area (Å²) >= 11 is 0. The molecule has 0 saturated carbocycles. The summed E-state index contributed by atoms with van der Waals surface area (Å²) in [5.41, 5.74) is -1.82. The Hall–Kier alpha value is -2.05. The van der Waals surface area contributed by atoms with Crippen molar-refractivity contribution in [2.24, 2.45) is 5.92 Å². The molecule has 7 heteroatoms. The number of rotatable bonds is 7. The van der Waals surface area contributed by atoms with Crippen LogP contribution in [0.1, 0.15) is 44.7 Å². The van der Waals surface area contributed by atoms with Gasteiger partial charge in [0.05, 0.1) is 16.9 Å². The van der Waals surface area contributed by atoms with Crippen molar-refractivity contribution in [2.75, 3.05) is 6.54 Å². The van der Waals surface area contributed by atoms with Crippen molar-refractivity contribution in [2.45, 2.75) is 45.2 Å². The molecule has 0 aliphatic carbocycles. The third-order valence-corrected chi connectivity index (χ3v) is 3.97. The first kappa shape index (κ1) is 20.0. The summed E-state index contributed by atoms with van der Waals surface area (Å²) in [5.74, 6) is -2.23. The van der Waals surface area contributed by atoms with Crippen molar-refractivity contribution in [3.8, 4) is 0 Å². The Kier molecular flexibility index (Phi) is 6.40. The SMILES string of the molecule is CCCC(CNC(=O)C(C)(C)c1cccc(C(F)(F)F)c1)C(=O)O. The molecule has 24 heavy (non-hydrogen) atoms. The summed E-state index contributed by atoms with van der Waals surface area (Å²) in [6, 6.07) is 4.60. The molecular weight excluding hydrogens is 323 g/mol. The number of nitrogens with one attached hydrogen (secondary N) is 1. The van der Waals surface area contributed by atoms with Gasteiger partial charge >= 0.3 is 12.1 Å². The Balaban J connectivity index is 2.91. The Morgan fingerprint density at radius 3 is 2.29 bits per heavy atom. The average molecular weight is 345 g/mol. The lowest BCUT2D eigenvalue weighted by atomic mass is 9.82. The minimum Gasteiger partial charge on any atom is -0.481 e. The van der Waals surface area contributed by atoms with Gasteiger partial charge in [0.25, 0.3) is 0 Å². The van der Waals surface area contributed by atoms with Gasteiger partial charge in [-0.2, -0.15) is 13.2 Å². The second-order valence-corrected chi connectivity index (χ2v) is 6.24. The standard InChI is InChI=1S/C17H22F3NO3/c1-4-6-11(14(22)23)10-21-15(24)16(2,3)12-7-5-8-13(9-12)17(18,19)20/h5,7-9,11H,4,6,10H2,1-3H3,(H,21,24)(H,22,23). The normalized spacial score (nSPS) is 13.4. The van der Waals surface area contributed by atoms with Gasteiger partial charge in [-0.1, -0.05) is 31.5 Å². The second-order valence-electron chi connectivity index (χ2n) is 6.24. The monoisotopic (exact) mass is 345 g/mol. The fraction of sp³-hybridized carbons (Fsp3) is 0.529. The van der Waals surface area contributed by atoms with E-state index in [0.717, 1.165) is 12.1 Å². The summed E-state index contributed by atoms with van der Waals surface area (Å²) in [4.78, 5) is 23.5. The van der Waals surface area contributed by atoms with E-state index in [1.165, 1.54) is 26.0 Å². The van der Waals surface area contributed by atoms with Crippen LogP contribution in [-0.2, 0) is 21.2 Å². The third kappa shape index (κ3) is 4.97. The van der Waals surface area contributed by atoms with Gasteiger partial charge in [0, 0.05) is 6.54 Å². The van der Waals surface area contributed by atoms with Crippen LogP contribution < -0.4 is 5.32 Å². The first-order valence-electron chi connectivity index (χ1n) is 7.69. The Morgan fingerprint density at radius 2 is 1.79 bits per heavy atom. The van der Waals surface area contributed by atoms with E-state index >= 15 is 0 Å². The van der Waals surface area contributed by atoms with Gasteiger partial charge in [0.2, 0.25) is 5.91 Å². The Morgan fingerprint density at radius 1 is 1.21 bits per heavy atom. The molecule has 0 aromatic heterocycles. The molecule has 1 rings (SSSR count). The number of aliphatic carboxylic acids is 1. The molecule has 0 aliphatic rings. The highest BCUT2D eigenvalue weighted by atomic mass is 19.4. The van der Waals surface area contributed by atoms with E-state index in [2.05, 4.69) is 5.32 Å². The maximum atomic E-state index is 12.8. The highest BCUT2D eigenvalue weighted by molar-refractivity contribution is 5.87. The summed E-state index contributed by atoms with van der Waals surface area (Å²) in [5, 5.41) is 11.6. The predicted molar refractivity (Wildman–Crippen MR) is 83.5 cm³/mol. The number of benzene rings is 1. The third-order valence-electron chi connectivity index (χ3n) is 3.97. The van der Waals surface area contributed by atoms with E-state index in [0.29, 0.717) is 12.8 Å². The van der Waals surface area contributed by atoms with Gasteiger partial charge in [0.1, 0.15) is 0 Å². The maximum absolute atomic E-state index is 12.8. The highest BCUT2D eigenvalue weighted by Crippen LogP contribution is 2.32. The molecule has 4 nitrogen and oxygen atoms in total. The minimum absolute atomic E-state index is 0.0512. The predicted octanol–water partition coefficient (Wildman–Crippen LogP) is 3.60. The first-order chi connectivity index (χ1) is 11.0. The lowest BCUT2D eigenvalue weighted by Crippen LogP contribution is -2.43. The van der Waals surface area contributed by atoms with Gasteiger partial charge in [-0.15, -0.1) is 0 Å². The number of hydrogen-bond acceptors (Lipinski definition) is 2. The van der Waals surface area contributed by atoms with Crippen molar-refractivity contribution in [1.82, 2.24) is 5.32 Å². The summed E-state index contributed by atoms with van der Waals surface area (Å²) in [6.07, 6.45) is -3.42. The molecule has 0 fully saturated rings. The van der Waals surface area contributed by atoms with Crippen molar-refractivity contribution in [3.63, 3.8) is 0 Å². The van der Waals surface area contributed by atoms with Gasteiger partial charge in [-0.25, -0.2) is 0 Å². The molecule has 0 aliphatic heterocycles. The van der Waals surface area contributed by atoms with E-state index in [9.17, 15) is 22.8 Å². The number of amides is 1. The van der Waals surface area contributed by atoms with Crippen LogP contribution in [0.15, 0.2) is 24.3 Å². The van der Waals surface area contributed by atoms with E-state index in [1.54, 1.807) is 0 Å². The van der Waals surface area contributed by atoms with Crippen molar-refractivity contribution >= 4 is 11.9 Å². The Labute approximate surface area is 139 Å². The summed E-state index contributed by atoms with van der Waals surface area (Å²) < 4.78 is 38.5. The molecule has 1 aromatic rings. The molecule has 2 N–H and O–H groups in total. The number of carboxylic acid groups (broad SMARTS) is 1. The van der Waals surface area contributed by atoms with Crippen LogP contribution >= 0.6 is 0 Å². The fourth-order valence-corrected chi connectivity index (χ4v) is 2.31. The minimum atomic E-state index is -4.49. The number of halogens is 3. The smallest absolute Gasteiger partial charge is 0.416 e. The zero-order chi connectivity index (χ0) is 18.5. The lowest BCUT2D eigenvalue weighted by molar-refractivity contribution is -0.142. The second kappa shape index (κ2) is 7.68.